The Balaban J connectivity index is 1.82. The summed E-state index contributed by atoms with van der Waals surface area (Å²) in [4.78, 5) is 0.521. The van der Waals surface area contributed by atoms with Crippen LogP contribution in [0.2, 0.25) is 0 Å². The van der Waals surface area contributed by atoms with Crippen LogP contribution < -0.4 is 10.1 Å². The Morgan fingerprint density at radius 3 is 2.58 bits per heavy atom. The number of rotatable bonds is 3. The third kappa shape index (κ3) is 2.39. The quantitative estimate of drug-likeness (QED) is 0.792. The Morgan fingerprint density at radius 1 is 1.08 bits per heavy atom. The lowest BCUT2D eigenvalue weighted by Crippen LogP contribution is -2.22. The third-order valence-corrected chi connectivity index (χ3v) is 6.12. The van der Waals surface area contributed by atoms with Gasteiger partial charge in [-0.1, -0.05) is 0 Å². The molecule has 3 aromatic rings. The minimum Gasteiger partial charge on any atom is -0.497 e. The van der Waals surface area contributed by atoms with Gasteiger partial charge < -0.3 is 14.5 Å². The van der Waals surface area contributed by atoms with Gasteiger partial charge >= 0.3 is 0 Å². The molecule has 4 rings (SSSR count). The van der Waals surface area contributed by atoms with Crippen LogP contribution in [0.25, 0.3) is 11.0 Å². The van der Waals surface area contributed by atoms with Gasteiger partial charge in [0.1, 0.15) is 17.1 Å². The first-order valence-electron chi connectivity index (χ1n) is 7.74. The first-order valence-corrected chi connectivity index (χ1v) is 9.22. The van der Waals surface area contributed by atoms with Gasteiger partial charge in [-0.3, -0.25) is 0 Å². The lowest BCUT2D eigenvalue weighted by molar-refractivity contribution is 0.414. The molecule has 0 amide bonds. The van der Waals surface area contributed by atoms with E-state index in [0.717, 1.165) is 35.3 Å². The standard InChI is InChI=1S/C18H17NO4S/c1-22-12-2-4-13(5-3-12)24(20,21)14-6-7-17-15(10-14)16-11-19-9-8-18(16)23-17/h2-7,10,19H,8-9,11H2,1H3. The summed E-state index contributed by atoms with van der Waals surface area (Å²) in [7, 11) is -2.03. The van der Waals surface area contributed by atoms with Gasteiger partial charge in [-0.15, -0.1) is 0 Å². The molecule has 2 aromatic carbocycles. The Morgan fingerprint density at radius 2 is 1.83 bits per heavy atom. The zero-order chi connectivity index (χ0) is 16.7. The van der Waals surface area contributed by atoms with Crippen molar-refractivity contribution in [1.82, 2.24) is 5.32 Å². The second-order valence-electron chi connectivity index (χ2n) is 5.77. The Kier molecular flexibility index (Phi) is 3.58. The Hall–Kier alpha value is -2.31. The molecule has 0 saturated carbocycles. The smallest absolute Gasteiger partial charge is 0.206 e. The predicted octanol–water partition coefficient (Wildman–Crippen LogP) is 2.92. The molecule has 0 saturated heterocycles. The summed E-state index contributed by atoms with van der Waals surface area (Å²) in [6, 6.07) is 11.5. The summed E-state index contributed by atoms with van der Waals surface area (Å²) in [5, 5.41) is 4.17. The molecule has 0 spiro atoms. The third-order valence-electron chi connectivity index (χ3n) is 4.36. The van der Waals surface area contributed by atoms with Crippen molar-refractivity contribution < 1.29 is 17.6 Å². The maximum atomic E-state index is 12.9. The van der Waals surface area contributed by atoms with Crippen molar-refractivity contribution in [2.75, 3.05) is 13.7 Å². The van der Waals surface area contributed by atoms with Gasteiger partial charge in [0.15, 0.2) is 0 Å². The van der Waals surface area contributed by atoms with Crippen LogP contribution in [-0.4, -0.2) is 22.1 Å². The molecule has 1 aliphatic heterocycles. The summed E-state index contributed by atoms with van der Waals surface area (Å²) in [6.07, 6.45) is 0.824. The second kappa shape index (κ2) is 5.65. The van der Waals surface area contributed by atoms with Crippen LogP contribution in [0.1, 0.15) is 11.3 Å². The van der Waals surface area contributed by atoms with Gasteiger partial charge in [0.05, 0.1) is 16.9 Å². The summed E-state index contributed by atoms with van der Waals surface area (Å²) < 4.78 is 36.7. The molecule has 5 nitrogen and oxygen atoms in total. The van der Waals surface area contributed by atoms with Crippen molar-refractivity contribution in [1.29, 1.82) is 0 Å². The molecule has 1 aliphatic rings. The molecule has 6 heteroatoms. The number of benzene rings is 2. The fraction of sp³-hybridized carbons (Fsp3) is 0.222. The zero-order valence-electron chi connectivity index (χ0n) is 13.2. The summed E-state index contributed by atoms with van der Waals surface area (Å²) in [5.74, 6) is 1.57. The molecule has 2 heterocycles. The largest absolute Gasteiger partial charge is 0.497 e. The lowest BCUT2D eigenvalue weighted by atomic mass is 10.1. The molecule has 0 unspecified atom stereocenters. The number of sulfone groups is 1. The van der Waals surface area contributed by atoms with E-state index in [1.807, 2.05) is 0 Å². The van der Waals surface area contributed by atoms with E-state index in [0.29, 0.717) is 12.3 Å². The van der Waals surface area contributed by atoms with E-state index < -0.39 is 9.84 Å². The van der Waals surface area contributed by atoms with Crippen LogP contribution in [-0.2, 0) is 22.8 Å². The van der Waals surface area contributed by atoms with Crippen LogP contribution in [0, 0.1) is 0 Å². The van der Waals surface area contributed by atoms with E-state index in [-0.39, 0.29) is 9.79 Å². The Labute approximate surface area is 140 Å². The van der Waals surface area contributed by atoms with Crippen molar-refractivity contribution >= 4 is 20.8 Å². The van der Waals surface area contributed by atoms with Gasteiger partial charge in [0, 0.05) is 30.5 Å². The van der Waals surface area contributed by atoms with Gasteiger partial charge in [0.25, 0.3) is 0 Å². The normalized spacial score (nSPS) is 14.5. The summed E-state index contributed by atoms with van der Waals surface area (Å²) in [6.45, 7) is 1.58. The van der Waals surface area contributed by atoms with Crippen molar-refractivity contribution in [3.63, 3.8) is 0 Å². The lowest BCUT2D eigenvalue weighted by Gasteiger charge is -2.11. The van der Waals surface area contributed by atoms with Gasteiger partial charge in [0.2, 0.25) is 9.84 Å². The van der Waals surface area contributed by atoms with Crippen LogP contribution in [0.3, 0.4) is 0 Å². The predicted molar refractivity (Wildman–Crippen MR) is 90.1 cm³/mol. The number of hydrogen-bond donors (Lipinski definition) is 1. The molecule has 0 radical (unpaired) electrons. The highest BCUT2D eigenvalue weighted by Crippen LogP contribution is 2.32. The van der Waals surface area contributed by atoms with E-state index in [9.17, 15) is 8.42 Å². The zero-order valence-corrected chi connectivity index (χ0v) is 14.0. The maximum Gasteiger partial charge on any atom is 0.206 e. The minimum absolute atomic E-state index is 0.248. The molecule has 0 aliphatic carbocycles. The van der Waals surface area contributed by atoms with Gasteiger partial charge in [-0.25, -0.2) is 8.42 Å². The highest BCUT2D eigenvalue weighted by Gasteiger charge is 2.22. The molecule has 124 valence electrons. The van der Waals surface area contributed by atoms with E-state index in [4.69, 9.17) is 9.15 Å². The summed E-state index contributed by atoms with van der Waals surface area (Å²) >= 11 is 0. The topological polar surface area (TPSA) is 68.5 Å². The second-order valence-corrected chi connectivity index (χ2v) is 7.72. The van der Waals surface area contributed by atoms with Gasteiger partial charge in [-0.05, 0) is 42.5 Å². The van der Waals surface area contributed by atoms with Crippen LogP contribution >= 0.6 is 0 Å². The van der Waals surface area contributed by atoms with Gasteiger partial charge in [-0.2, -0.15) is 0 Å². The van der Waals surface area contributed by atoms with Crippen molar-refractivity contribution in [3.8, 4) is 5.75 Å². The maximum absolute atomic E-state index is 12.9. The van der Waals surface area contributed by atoms with E-state index in [1.165, 1.54) is 0 Å². The molecular weight excluding hydrogens is 326 g/mol. The number of fused-ring (bicyclic) bond motifs is 3. The monoisotopic (exact) mass is 343 g/mol. The number of ether oxygens (including phenoxy) is 1. The fourth-order valence-electron chi connectivity index (χ4n) is 3.05. The highest BCUT2D eigenvalue weighted by molar-refractivity contribution is 7.91. The van der Waals surface area contributed by atoms with Crippen molar-refractivity contribution in [2.24, 2.45) is 0 Å². The average Bonchev–Trinajstić information content (AvgIpc) is 2.99. The Bertz CT molecular complexity index is 1000. The first-order chi connectivity index (χ1) is 11.6. The van der Waals surface area contributed by atoms with E-state index in [2.05, 4.69) is 5.32 Å². The number of hydrogen-bond acceptors (Lipinski definition) is 5. The molecule has 24 heavy (non-hydrogen) atoms. The van der Waals surface area contributed by atoms with Crippen molar-refractivity contribution in [3.05, 3.63) is 53.8 Å². The average molecular weight is 343 g/mol. The van der Waals surface area contributed by atoms with Crippen LogP contribution in [0.15, 0.2) is 56.7 Å². The van der Waals surface area contributed by atoms with E-state index in [1.54, 1.807) is 49.6 Å². The first kappa shape index (κ1) is 15.2. The molecule has 0 fully saturated rings. The van der Waals surface area contributed by atoms with E-state index >= 15 is 0 Å². The minimum atomic E-state index is -3.58. The highest BCUT2D eigenvalue weighted by atomic mass is 32.2. The SMILES string of the molecule is COc1ccc(S(=O)(=O)c2ccc3oc4c(c3c2)CNCC4)cc1. The van der Waals surface area contributed by atoms with Crippen molar-refractivity contribution in [2.45, 2.75) is 22.8 Å². The molecule has 0 bridgehead atoms. The molecule has 1 N–H and O–H groups in total. The number of methoxy groups -OCH3 is 1. The van der Waals surface area contributed by atoms with Crippen LogP contribution in [0.4, 0.5) is 0 Å². The molecule has 1 aromatic heterocycles. The fourth-order valence-corrected chi connectivity index (χ4v) is 4.33. The number of nitrogens with one attached hydrogen (secondary N) is 1. The number of furan rings is 1. The molecular formula is C18H17NO4S. The molecule has 0 atom stereocenters. The van der Waals surface area contributed by atoms with Crippen LogP contribution in [0.5, 0.6) is 5.75 Å². The summed E-state index contributed by atoms with van der Waals surface area (Å²) in [5.41, 5.74) is 1.79.